The van der Waals surface area contributed by atoms with E-state index in [1.807, 2.05) is 18.2 Å². The number of nitrogens with two attached hydrogens (primary N) is 1. The highest BCUT2D eigenvalue weighted by Crippen LogP contribution is 2.21. The molecule has 0 amide bonds. The van der Waals surface area contributed by atoms with Crippen molar-refractivity contribution in [1.29, 1.82) is 0 Å². The predicted octanol–water partition coefficient (Wildman–Crippen LogP) is 2.73. The van der Waals surface area contributed by atoms with Crippen molar-refractivity contribution in [2.24, 2.45) is 0 Å². The monoisotopic (exact) mass is 262 g/mol. The van der Waals surface area contributed by atoms with Gasteiger partial charge >= 0.3 is 0 Å². The molecule has 0 bridgehead atoms. The summed E-state index contributed by atoms with van der Waals surface area (Å²) in [6, 6.07) is 6.50. The van der Waals surface area contributed by atoms with Gasteiger partial charge in [0.15, 0.2) is 0 Å². The zero-order valence-corrected chi connectivity index (χ0v) is 11.9. The molecule has 2 rings (SSSR count). The molecule has 0 unspecified atom stereocenters. The van der Waals surface area contributed by atoms with Crippen molar-refractivity contribution in [2.75, 3.05) is 31.2 Å². The molecule has 1 aliphatic carbocycles. The Morgan fingerprint density at radius 2 is 2.11 bits per heavy atom. The molecular weight excluding hydrogens is 236 g/mol. The smallest absolute Gasteiger partial charge is 0.128 e. The molecule has 0 aliphatic heterocycles. The molecule has 1 heterocycles. The molecule has 106 valence electrons. The Morgan fingerprint density at radius 3 is 2.84 bits per heavy atom. The van der Waals surface area contributed by atoms with Gasteiger partial charge < -0.3 is 16.0 Å². The van der Waals surface area contributed by atoms with E-state index in [1.165, 1.54) is 32.1 Å². The molecule has 4 heteroatoms. The van der Waals surface area contributed by atoms with Crippen molar-refractivity contribution in [2.45, 2.75) is 44.6 Å². The molecule has 1 fully saturated rings. The van der Waals surface area contributed by atoms with Gasteiger partial charge in [0.05, 0.1) is 0 Å². The van der Waals surface area contributed by atoms with Crippen LogP contribution in [0.3, 0.4) is 0 Å². The first kappa shape index (κ1) is 14.1. The lowest BCUT2D eigenvalue weighted by molar-refractivity contribution is 0.191. The van der Waals surface area contributed by atoms with Crippen LogP contribution in [0.5, 0.6) is 0 Å². The van der Waals surface area contributed by atoms with Gasteiger partial charge in [-0.1, -0.05) is 25.3 Å². The topological polar surface area (TPSA) is 54.2 Å². The van der Waals surface area contributed by atoms with Crippen LogP contribution in [-0.4, -0.2) is 36.1 Å². The van der Waals surface area contributed by atoms with Gasteiger partial charge in [0.2, 0.25) is 0 Å². The summed E-state index contributed by atoms with van der Waals surface area (Å²) in [5.74, 6) is 1.45. The quantitative estimate of drug-likeness (QED) is 0.774. The highest BCUT2D eigenvalue weighted by Gasteiger charge is 2.17. The summed E-state index contributed by atoms with van der Waals surface area (Å²) in [5, 5.41) is 3.33. The van der Waals surface area contributed by atoms with Crippen molar-refractivity contribution >= 4 is 11.6 Å². The van der Waals surface area contributed by atoms with Crippen molar-refractivity contribution in [3.8, 4) is 0 Å². The maximum atomic E-state index is 5.65. The van der Waals surface area contributed by atoms with Crippen LogP contribution in [0.1, 0.15) is 38.5 Å². The third kappa shape index (κ3) is 4.71. The highest BCUT2D eigenvalue weighted by atomic mass is 15.1. The van der Waals surface area contributed by atoms with Crippen LogP contribution in [0.15, 0.2) is 18.2 Å². The number of aromatic nitrogens is 1. The minimum absolute atomic E-state index is 0.573. The maximum absolute atomic E-state index is 5.65. The number of nitrogens with zero attached hydrogens (tertiary/aromatic N) is 2. The summed E-state index contributed by atoms with van der Waals surface area (Å²) in [5.41, 5.74) is 5.65. The van der Waals surface area contributed by atoms with Gasteiger partial charge in [0.1, 0.15) is 11.6 Å². The Bertz CT molecular complexity index is 374. The average molecular weight is 262 g/mol. The lowest BCUT2D eigenvalue weighted by Crippen LogP contribution is -2.34. The first-order chi connectivity index (χ1) is 9.25. The SMILES string of the molecule is CN(CCCNc1cccc(N)n1)C1CCCCC1. The van der Waals surface area contributed by atoms with E-state index in [-0.39, 0.29) is 0 Å². The van der Waals surface area contributed by atoms with Gasteiger partial charge in [0.25, 0.3) is 0 Å². The van der Waals surface area contributed by atoms with Crippen molar-refractivity contribution in [1.82, 2.24) is 9.88 Å². The molecule has 4 nitrogen and oxygen atoms in total. The summed E-state index contributed by atoms with van der Waals surface area (Å²) in [4.78, 5) is 6.75. The van der Waals surface area contributed by atoms with E-state index in [4.69, 9.17) is 5.73 Å². The van der Waals surface area contributed by atoms with Crippen LogP contribution >= 0.6 is 0 Å². The van der Waals surface area contributed by atoms with Gasteiger partial charge in [0, 0.05) is 12.6 Å². The molecule has 3 N–H and O–H groups in total. The maximum Gasteiger partial charge on any atom is 0.128 e. The second kappa shape index (κ2) is 7.34. The first-order valence-electron chi connectivity index (χ1n) is 7.42. The number of nitrogen functional groups attached to an aromatic ring is 1. The lowest BCUT2D eigenvalue weighted by atomic mass is 9.94. The molecule has 1 saturated carbocycles. The van der Waals surface area contributed by atoms with E-state index in [2.05, 4.69) is 22.2 Å². The van der Waals surface area contributed by atoms with Gasteiger partial charge in [-0.05, 0) is 45.0 Å². The van der Waals surface area contributed by atoms with Gasteiger partial charge in [-0.3, -0.25) is 0 Å². The fourth-order valence-corrected chi connectivity index (χ4v) is 2.80. The molecule has 0 radical (unpaired) electrons. The Morgan fingerprint density at radius 1 is 1.32 bits per heavy atom. The lowest BCUT2D eigenvalue weighted by Gasteiger charge is -2.31. The van der Waals surface area contributed by atoms with Crippen LogP contribution in [0, 0.1) is 0 Å². The Labute approximate surface area is 116 Å². The summed E-state index contributed by atoms with van der Waals surface area (Å²) < 4.78 is 0. The van der Waals surface area contributed by atoms with Crippen molar-refractivity contribution in [3.05, 3.63) is 18.2 Å². The zero-order chi connectivity index (χ0) is 13.5. The summed E-state index contributed by atoms with van der Waals surface area (Å²) in [6.07, 6.45) is 8.12. The molecule has 1 aromatic rings. The second-order valence-electron chi connectivity index (χ2n) is 5.50. The number of nitrogens with one attached hydrogen (secondary N) is 1. The minimum Gasteiger partial charge on any atom is -0.384 e. The summed E-state index contributed by atoms with van der Waals surface area (Å²) >= 11 is 0. The number of hydrogen-bond acceptors (Lipinski definition) is 4. The van der Waals surface area contributed by atoms with Crippen LogP contribution in [0.4, 0.5) is 11.6 Å². The third-order valence-corrected chi connectivity index (χ3v) is 3.96. The molecular formula is C15H26N4. The van der Waals surface area contributed by atoms with E-state index in [1.54, 1.807) is 0 Å². The minimum atomic E-state index is 0.573. The van der Waals surface area contributed by atoms with E-state index < -0.39 is 0 Å². The predicted molar refractivity (Wildman–Crippen MR) is 81.3 cm³/mol. The second-order valence-corrected chi connectivity index (χ2v) is 5.50. The largest absolute Gasteiger partial charge is 0.384 e. The molecule has 1 aromatic heterocycles. The molecule has 1 aliphatic rings. The Kier molecular flexibility index (Phi) is 5.45. The van der Waals surface area contributed by atoms with Gasteiger partial charge in [-0.25, -0.2) is 4.98 Å². The number of pyridine rings is 1. The van der Waals surface area contributed by atoms with E-state index in [0.29, 0.717) is 5.82 Å². The van der Waals surface area contributed by atoms with Crippen LogP contribution in [0.25, 0.3) is 0 Å². The summed E-state index contributed by atoms with van der Waals surface area (Å²) in [7, 11) is 2.26. The van der Waals surface area contributed by atoms with Crippen LogP contribution in [-0.2, 0) is 0 Å². The fourth-order valence-electron chi connectivity index (χ4n) is 2.80. The average Bonchev–Trinajstić information content (AvgIpc) is 2.44. The van der Waals surface area contributed by atoms with Crippen molar-refractivity contribution < 1.29 is 0 Å². The van der Waals surface area contributed by atoms with Crippen LogP contribution < -0.4 is 11.1 Å². The molecule has 0 aromatic carbocycles. The molecule has 0 saturated heterocycles. The normalized spacial score (nSPS) is 16.7. The van der Waals surface area contributed by atoms with Gasteiger partial charge in [-0.2, -0.15) is 0 Å². The molecule has 0 atom stereocenters. The summed E-state index contributed by atoms with van der Waals surface area (Å²) in [6.45, 7) is 2.10. The molecule has 19 heavy (non-hydrogen) atoms. The Hall–Kier alpha value is -1.29. The fraction of sp³-hybridized carbons (Fsp3) is 0.667. The van der Waals surface area contributed by atoms with Gasteiger partial charge in [-0.15, -0.1) is 0 Å². The highest BCUT2D eigenvalue weighted by molar-refractivity contribution is 5.41. The number of anilines is 2. The Balaban J connectivity index is 1.63. The zero-order valence-electron chi connectivity index (χ0n) is 11.9. The number of rotatable bonds is 6. The third-order valence-electron chi connectivity index (χ3n) is 3.96. The van der Waals surface area contributed by atoms with E-state index in [9.17, 15) is 0 Å². The van der Waals surface area contributed by atoms with E-state index >= 15 is 0 Å². The standard InChI is InChI=1S/C15H26N4/c1-19(13-7-3-2-4-8-13)12-6-11-17-15-10-5-9-14(16)18-15/h5,9-10,13H,2-4,6-8,11-12H2,1H3,(H3,16,17,18). The van der Waals surface area contributed by atoms with Crippen molar-refractivity contribution in [3.63, 3.8) is 0 Å². The van der Waals surface area contributed by atoms with E-state index in [0.717, 1.165) is 31.4 Å². The van der Waals surface area contributed by atoms with Crippen LogP contribution in [0.2, 0.25) is 0 Å². The molecule has 0 spiro atoms. The number of hydrogen-bond donors (Lipinski definition) is 2. The first-order valence-corrected chi connectivity index (χ1v) is 7.42.